The van der Waals surface area contributed by atoms with Crippen LogP contribution in [-0.2, 0) is 0 Å². The molecule has 1 rings (SSSR count). The molecule has 0 aliphatic rings. The first-order valence-electron chi connectivity index (χ1n) is 5.46. The van der Waals surface area contributed by atoms with Gasteiger partial charge < -0.3 is 5.32 Å². The zero-order valence-electron chi connectivity index (χ0n) is 9.67. The molecule has 0 fully saturated rings. The molecule has 0 aromatic heterocycles. The van der Waals surface area contributed by atoms with E-state index in [1.54, 1.807) is 0 Å². The van der Waals surface area contributed by atoms with Crippen molar-refractivity contribution < 1.29 is 0 Å². The van der Waals surface area contributed by atoms with Crippen molar-refractivity contribution in [1.29, 1.82) is 0 Å². The number of hydrogen-bond acceptors (Lipinski definition) is 1. The van der Waals surface area contributed by atoms with Crippen LogP contribution in [0.4, 0.5) is 0 Å². The van der Waals surface area contributed by atoms with Crippen molar-refractivity contribution in [1.82, 2.24) is 5.32 Å². The summed E-state index contributed by atoms with van der Waals surface area (Å²) in [5, 5.41) is 3.59. The number of aryl methyl sites for hydroxylation is 1. The van der Waals surface area contributed by atoms with E-state index in [2.05, 4.69) is 57.3 Å². The molecule has 1 aromatic rings. The molecule has 1 aromatic carbocycles. The molecule has 0 spiro atoms. The standard InChI is InChI=1S/C13H21N/c1-5-11(3)14-12(4)13-9-7-6-8-10(13)2/h6-9,11-12,14H,5H2,1-4H3. The fourth-order valence-corrected chi connectivity index (χ4v) is 1.71. The Hall–Kier alpha value is -0.820. The van der Waals surface area contributed by atoms with Gasteiger partial charge in [-0.25, -0.2) is 0 Å². The van der Waals surface area contributed by atoms with E-state index in [0.29, 0.717) is 12.1 Å². The topological polar surface area (TPSA) is 12.0 Å². The fraction of sp³-hybridized carbons (Fsp3) is 0.538. The summed E-state index contributed by atoms with van der Waals surface area (Å²) in [4.78, 5) is 0. The SMILES string of the molecule is CCC(C)NC(C)c1ccccc1C. The predicted molar refractivity (Wildman–Crippen MR) is 62.5 cm³/mol. The molecule has 2 unspecified atom stereocenters. The Bertz CT molecular complexity index is 280. The fourth-order valence-electron chi connectivity index (χ4n) is 1.71. The molecular formula is C13H21N. The van der Waals surface area contributed by atoms with Crippen LogP contribution >= 0.6 is 0 Å². The van der Waals surface area contributed by atoms with Gasteiger partial charge in [0.2, 0.25) is 0 Å². The molecule has 0 aliphatic carbocycles. The first kappa shape index (κ1) is 11.3. The Morgan fingerprint density at radius 1 is 1.21 bits per heavy atom. The van der Waals surface area contributed by atoms with Crippen molar-refractivity contribution in [2.24, 2.45) is 0 Å². The van der Waals surface area contributed by atoms with Crippen LogP contribution in [0.15, 0.2) is 24.3 Å². The van der Waals surface area contributed by atoms with Crippen LogP contribution in [0.3, 0.4) is 0 Å². The summed E-state index contributed by atoms with van der Waals surface area (Å²) in [7, 11) is 0. The summed E-state index contributed by atoms with van der Waals surface area (Å²) >= 11 is 0. The van der Waals surface area contributed by atoms with Gasteiger partial charge in [0.05, 0.1) is 0 Å². The van der Waals surface area contributed by atoms with Gasteiger partial charge in [-0.2, -0.15) is 0 Å². The van der Waals surface area contributed by atoms with Gasteiger partial charge in [0.25, 0.3) is 0 Å². The maximum Gasteiger partial charge on any atom is 0.0296 e. The summed E-state index contributed by atoms with van der Waals surface area (Å²) in [6.07, 6.45) is 1.18. The molecule has 0 saturated carbocycles. The van der Waals surface area contributed by atoms with E-state index in [-0.39, 0.29) is 0 Å². The maximum atomic E-state index is 3.59. The summed E-state index contributed by atoms with van der Waals surface area (Å²) < 4.78 is 0. The van der Waals surface area contributed by atoms with Crippen molar-refractivity contribution in [3.05, 3.63) is 35.4 Å². The molecular weight excluding hydrogens is 170 g/mol. The van der Waals surface area contributed by atoms with Crippen molar-refractivity contribution in [3.8, 4) is 0 Å². The summed E-state index contributed by atoms with van der Waals surface area (Å²) in [6, 6.07) is 9.61. The molecule has 0 heterocycles. The van der Waals surface area contributed by atoms with E-state index in [4.69, 9.17) is 0 Å². The van der Waals surface area contributed by atoms with Crippen LogP contribution in [0.2, 0.25) is 0 Å². The highest BCUT2D eigenvalue weighted by Gasteiger charge is 2.09. The molecule has 1 nitrogen and oxygen atoms in total. The Balaban J connectivity index is 2.69. The number of benzene rings is 1. The minimum absolute atomic E-state index is 0.450. The van der Waals surface area contributed by atoms with E-state index < -0.39 is 0 Å². The van der Waals surface area contributed by atoms with Gasteiger partial charge >= 0.3 is 0 Å². The molecule has 0 amide bonds. The van der Waals surface area contributed by atoms with E-state index in [9.17, 15) is 0 Å². The van der Waals surface area contributed by atoms with Gasteiger partial charge in [0.15, 0.2) is 0 Å². The lowest BCUT2D eigenvalue weighted by molar-refractivity contribution is 0.468. The van der Waals surface area contributed by atoms with Gasteiger partial charge in [-0.1, -0.05) is 31.2 Å². The van der Waals surface area contributed by atoms with E-state index >= 15 is 0 Å². The Morgan fingerprint density at radius 3 is 2.43 bits per heavy atom. The molecule has 2 atom stereocenters. The van der Waals surface area contributed by atoms with E-state index in [1.807, 2.05) is 0 Å². The van der Waals surface area contributed by atoms with E-state index in [0.717, 1.165) is 0 Å². The van der Waals surface area contributed by atoms with E-state index in [1.165, 1.54) is 17.5 Å². The highest BCUT2D eigenvalue weighted by atomic mass is 14.9. The number of nitrogens with one attached hydrogen (secondary N) is 1. The third-order valence-electron chi connectivity index (χ3n) is 2.80. The Labute approximate surface area is 87.5 Å². The molecule has 78 valence electrons. The highest BCUT2D eigenvalue weighted by Crippen LogP contribution is 2.17. The van der Waals surface area contributed by atoms with Crippen molar-refractivity contribution in [2.45, 2.75) is 46.2 Å². The zero-order valence-corrected chi connectivity index (χ0v) is 9.67. The Morgan fingerprint density at radius 2 is 1.86 bits per heavy atom. The summed E-state index contributed by atoms with van der Waals surface area (Å²) in [5.41, 5.74) is 2.78. The van der Waals surface area contributed by atoms with Gasteiger partial charge in [0, 0.05) is 12.1 Å². The first-order chi connectivity index (χ1) is 6.65. The normalized spacial score (nSPS) is 15.1. The van der Waals surface area contributed by atoms with Crippen LogP contribution in [-0.4, -0.2) is 6.04 Å². The second-order valence-electron chi connectivity index (χ2n) is 4.05. The highest BCUT2D eigenvalue weighted by molar-refractivity contribution is 5.28. The van der Waals surface area contributed by atoms with Crippen LogP contribution in [0, 0.1) is 6.92 Å². The molecule has 0 saturated heterocycles. The second kappa shape index (κ2) is 5.16. The van der Waals surface area contributed by atoms with Crippen molar-refractivity contribution >= 4 is 0 Å². The molecule has 14 heavy (non-hydrogen) atoms. The molecule has 0 aliphatic heterocycles. The first-order valence-corrected chi connectivity index (χ1v) is 5.46. The lowest BCUT2D eigenvalue weighted by atomic mass is 10.0. The quantitative estimate of drug-likeness (QED) is 0.768. The molecule has 0 bridgehead atoms. The van der Waals surface area contributed by atoms with Gasteiger partial charge in [-0.05, 0) is 38.3 Å². The van der Waals surface area contributed by atoms with Crippen molar-refractivity contribution in [2.75, 3.05) is 0 Å². The number of hydrogen-bond donors (Lipinski definition) is 1. The second-order valence-corrected chi connectivity index (χ2v) is 4.05. The van der Waals surface area contributed by atoms with Crippen LogP contribution < -0.4 is 5.32 Å². The minimum atomic E-state index is 0.450. The Kier molecular flexibility index (Phi) is 4.15. The summed E-state index contributed by atoms with van der Waals surface area (Å²) in [6.45, 7) is 8.84. The van der Waals surface area contributed by atoms with Crippen LogP contribution in [0.1, 0.15) is 44.4 Å². The van der Waals surface area contributed by atoms with Gasteiger partial charge in [-0.15, -0.1) is 0 Å². The third kappa shape index (κ3) is 2.85. The largest absolute Gasteiger partial charge is 0.308 e. The van der Waals surface area contributed by atoms with Gasteiger partial charge in [0.1, 0.15) is 0 Å². The van der Waals surface area contributed by atoms with Gasteiger partial charge in [-0.3, -0.25) is 0 Å². The molecule has 1 N–H and O–H groups in total. The average Bonchev–Trinajstić information content (AvgIpc) is 2.18. The smallest absolute Gasteiger partial charge is 0.0296 e. The predicted octanol–water partition coefficient (Wildman–Crippen LogP) is 3.44. The lowest BCUT2D eigenvalue weighted by Gasteiger charge is -2.20. The number of rotatable bonds is 4. The maximum absolute atomic E-state index is 3.59. The molecule has 1 heteroatoms. The van der Waals surface area contributed by atoms with Crippen LogP contribution in [0.5, 0.6) is 0 Å². The zero-order chi connectivity index (χ0) is 10.6. The molecule has 0 radical (unpaired) electrons. The van der Waals surface area contributed by atoms with Crippen LogP contribution in [0.25, 0.3) is 0 Å². The third-order valence-corrected chi connectivity index (χ3v) is 2.80. The average molecular weight is 191 g/mol. The van der Waals surface area contributed by atoms with Crippen molar-refractivity contribution in [3.63, 3.8) is 0 Å². The minimum Gasteiger partial charge on any atom is -0.308 e. The monoisotopic (exact) mass is 191 g/mol. The summed E-state index contributed by atoms with van der Waals surface area (Å²) in [5.74, 6) is 0. The lowest BCUT2D eigenvalue weighted by Crippen LogP contribution is -2.28.